The van der Waals surface area contributed by atoms with Crippen LogP contribution in [0.5, 0.6) is 11.5 Å². The number of aliphatic imine (C=N–C) groups is 1. The van der Waals surface area contributed by atoms with Gasteiger partial charge in [-0.3, -0.25) is 4.79 Å². The number of carbonyl (C=O) groups is 1. The predicted octanol–water partition coefficient (Wildman–Crippen LogP) is 3.01. The highest BCUT2D eigenvalue weighted by Crippen LogP contribution is 2.19. The van der Waals surface area contributed by atoms with Crippen molar-refractivity contribution >= 4 is 11.9 Å². The topological polar surface area (TPSA) is 84.0 Å². The minimum absolute atomic E-state index is 0.0105. The van der Waals surface area contributed by atoms with E-state index in [4.69, 9.17) is 9.47 Å². The number of halogens is 1. The molecule has 0 spiro atoms. The van der Waals surface area contributed by atoms with Crippen molar-refractivity contribution in [2.24, 2.45) is 4.99 Å². The van der Waals surface area contributed by atoms with Crippen LogP contribution in [-0.4, -0.2) is 43.7 Å². The molecule has 2 aromatic rings. The zero-order valence-corrected chi connectivity index (χ0v) is 18.6. The number of nitrogens with one attached hydrogen (secondary N) is 3. The highest BCUT2D eigenvalue weighted by atomic mass is 19.1. The number of rotatable bonds is 11. The van der Waals surface area contributed by atoms with Crippen LogP contribution < -0.4 is 25.4 Å². The van der Waals surface area contributed by atoms with Crippen LogP contribution in [0.1, 0.15) is 32.3 Å². The van der Waals surface area contributed by atoms with Gasteiger partial charge in [-0.15, -0.1) is 0 Å². The minimum atomic E-state index is -0.327. The van der Waals surface area contributed by atoms with E-state index < -0.39 is 0 Å². The molecule has 1 saturated carbocycles. The number of hydrogen-bond donors (Lipinski definition) is 3. The fraction of sp³-hybridized carbons (Fsp3) is 0.417. The van der Waals surface area contributed by atoms with Gasteiger partial charge in [-0.2, -0.15) is 0 Å². The Morgan fingerprint density at radius 1 is 1.16 bits per heavy atom. The molecule has 3 rings (SSSR count). The molecule has 172 valence electrons. The highest BCUT2D eigenvalue weighted by molar-refractivity contribution is 5.79. The standard InChI is InChI=1S/C24H31FN4O3/c1-3-26-24(27-14-17(2)32-22-9-5-7-19(25)13-22)28-15-18-6-4-8-21(12-18)31-16-23(30)29-20-10-11-20/h4-9,12-13,17,20H,3,10-11,14-16H2,1-2H3,(H,29,30)(H2,26,27,28). The zero-order chi connectivity index (χ0) is 22.8. The molecule has 32 heavy (non-hydrogen) atoms. The fourth-order valence-electron chi connectivity index (χ4n) is 2.95. The molecule has 3 N–H and O–H groups in total. The van der Waals surface area contributed by atoms with Gasteiger partial charge < -0.3 is 25.4 Å². The van der Waals surface area contributed by atoms with Crippen molar-refractivity contribution in [3.63, 3.8) is 0 Å². The molecule has 1 unspecified atom stereocenters. The molecule has 1 amide bonds. The van der Waals surface area contributed by atoms with E-state index in [1.165, 1.54) is 12.1 Å². The first-order valence-electron chi connectivity index (χ1n) is 11.0. The maximum atomic E-state index is 13.3. The highest BCUT2D eigenvalue weighted by Gasteiger charge is 2.23. The summed E-state index contributed by atoms with van der Waals surface area (Å²) in [7, 11) is 0. The van der Waals surface area contributed by atoms with Crippen molar-refractivity contribution in [2.75, 3.05) is 19.7 Å². The molecule has 1 fully saturated rings. The average molecular weight is 443 g/mol. The summed E-state index contributed by atoms with van der Waals surface area (Å²) >= 11 is 0. The number of guanidine groups is 1. The third kappa shape index (κ3) is 8.45. The second-order valence-electron chi connectivity index (χ2n) is 7.74. The molecule has 1 aliphatic carbocycles. The summed E-state index contributed by atoms with van der Waals surface area (Å²) in [6, 6.07) is 14.0. The summed E-state index contributed by atoms with van der Waals surface area (Å²) in [6.45, 7) is 5.56. The lowest BCUT2D eigenvalue weighted by molar-refractivity contribution is -0.123. The van der Waals surface area contributed by atoms with E-state index in [0.29, 0.717) is 43.1 Å². The van der Waals surface area contributed by atoms with Crippen LogP contribution in [0, 0.1) is 5.82 Å². The Hall–Kier alpha value is -3.29. The second kappa shape index (κ2) is 11.9. The van der Waals surface area contributed by atoms with E-state index in [-0.39, 0.29) is 24.4 Å². The van der Waals surface area contributed by atoms with E-state index in [9.17, 15) is 9.18 Å². The first-order chi connectivity index (χ1) is 15.5. The Kier molecular flexibility index (Phi) is 8.71. The third-order valence-corrected chi connectivity index (χ3v) is 4.67. The van der Waals surface area contributed by atoms with Crippen molar-refractivity contribution in [3.05, 3.63) is 59.9 Å². The molecule has 7 nitrogen and oxygen atoms in total. The maximum Gasteiger partial charge on any atom is 0.258 e. The molecular formula is C24H31FN4O3. The predicted molar refractivity (Wildman–Crippen MR) is 122 cm³/mol. The molecule has 0 bridgehead atoms. The average Bonchev–Trinajstić information content (AvgIpc) is 3.58. The number of nitrogens with zero attached hydrogens (tertiary/aromatic N) is 1. The van der Waals surface area contributed by atoms with E-state index in [2.05, 4.69) is 20.9 Å². The quantitative estimate of drug-likeness (QED) is 0.368. The van der Waals surface area contributed by atoms with Crippen LogP contribution in [0.25, 0.3) is 0 Å². The molecule has 1 atom stereocenters. The zero-order valence-electron chi connectivity index (χ0n) is 18.6. The van der Waals surface area contributed by atoms with Crippen LogP contribution in [-0.2, 0) is 11.3 Å². The maximum absolute atomic E-state index is 13.3. The Morgan fingerprint density at radius 3 is 2.69 bits per heavy atom. The summed E-state index contributed by atoms with van der Waals surface area (Å²) in [5.41, 5.74) is 0.964. The summed E-state index contributed by atoms with van der Waals surface area (Å²) in [6.07, 6.45) is 1.92. The Bertz CT molecular complexity index is 918. The van der Waals surface area contributed by atoms with Gasteiger partial charge in [0.1, 0.15) is 23.4 Å². The van der Waals surface area contributed by atoms with Gasteiger partial charge in [0.15, 0.2) is 12.6 Å². The minimum Gasteiger partial charge on any atom is -0.489 e. The lowest BCUT2D eigenvalue weighted by Crippen LogP contribution is -2.41. The van der Waals surface area contributed by atoms with Gasteiger partial charge in [0.2, 0.25) is 0 Å². The van der Waals surface area contributed by atoms with Crippen molar-refractivity contribution in [1.29, 1.82) is 0 Å². The van der Waals surface area contributed by atoms with Gasteiger partial charge in [0, 0.05) is 18.7 Å². The molecule has 0 heterocycles. The molecule has 2 aromatic carbocycles. The lowest BCUT2D eigenvalue weighted by atomic mass is 10.2. The molecule has 0 saturated heterocycles. The number of benzene rings is 2. The SMILES string of the molecule is CCNC(=NCc1cccc(OCC(=O)NC2CC2)c1)NCC(C)Oc1cccc(F)c1. The fourth-order valence-corrected chi connectivity index (χ4v) is 2.95. The number of ether oxygens (including phenoxy) is 2. The third-order valence-electron chi connectivity index (χ3n) is 4.67. The van der Waals surface area contributed by atoms with E-state index >= 15 is 0 Å². The molecule has 0 aliphatic heterocycles. The van der Waals surface area contributed by atoms with Gasteiger partial charge in [0.25, 0.3) is 5.91 Å². The Morgan fingerprint density at radius 2 is 1.94 bits per heavy atom. The van der Waals surface area contributed by atoms with E-state index in [1.54, 1.807) is 12.1 Å². The number of hydrogen-bond acceptors (Lipinski definition) is 4. The van der Waals surface area contributed by atoms with Crippen LogP contribution in [0.3, 0.4) is 0 Å². The largest absolute Gasteiger partial charge is 0.489 e. The normalized spacial score (nSPS) is 14.4. The number of carbonyl (C=O) groups excluding carboxylic acids is 1. The van der Waals surface area contributed by atoms with E-state index in [1.807, 2.05) is 38.1 Å². The Labute approximate surface area is 188 Å². The van der Waals surface area contributed by atoms with Crippen LogP contribution in [0.15, 0.2) is 53.5 Å². The van der Waals surface area contributed by atoms with Crippen LogP contribution >= 0.6 is 0 Å². The van der Waals surface area contributed by atoms with Crippen molar-refractivity contribution < 1.29 is 18.7 Å². The van der Waals surface area contributed by atoms with Crippen LogP contribution in [0.2, 0.25) is 0 Å². The summed E-state index contributed by atoms with van der Waals surface area (Å²) in [5, 5.41) is 9.34. The van der Waals surface area contributed by atoms with E-state index in [0.717, 1.165) is 18.4 Å². The van der Waals surface area contributed by atoms with Crippen molar-refractivity contribution in [2.45, 2.75) is 45.4 Å². The summed E-state index contributed by atoms with van der Waals surface area (Å²) < 4.78 is 24.7. The monoisotopic (exact) mass is 442 g/mol. The van der Waals surface area contributed by atoms with Gasteiger partial charge in [0.05, 0.1) is 13.1 Å². The smallest absolute Gasteiger partial charge is 0.258 e. The molecule has 0 aromatic heterocycles. The van der Waals surface area contributed by atoms with Crippen molar-refractivity contribution in [1.82, 2.24) is 16.0 Å². The summed E-state index contributed by atoms with van der Waals surface area (Å²) in [4.78, 5) is 16.4. The molecular weight excluding hydrogens is 411 g/mol. The molecule has 0 radical (unpaired) electrons. The van der Waals surface area contributed by atoms with Crippen molar-refractivity contribution in [3.8, 4) is 11.5 Å². The van der Waals surface area contributed by atoms with Gasteiger partial charge in [-0.1, -0.05) is 18.2 Å². The molecule has 8 heteroatoms. The number of amides is 1. The summed E-state index contributed by atoms with van der Waals surface area (Å²) in [5.74, 6) is 1.36. The molecule has 1 aliphatic rings. The second-order valence-corrected chi connectivity index (χ2v) is 7.74. The van der Waals surface area contributed by atoms with Gasteiger partial charge >= 0.3 is 0 Å². The van der Waals surface area contributed by atoms with Crippen LogP contribution in [0.4, 0.5) is 4.39 Å². The first-order valence-corrected chi connectivity index (χ1v) is 11.0. The van der Waals surface area contributed by atoms with Gasteiger partial charge in [-0.05, 0) is 56.5 Å². The Balaban J connectivity index is 1.48. The first kappa shape index (κ1) is 23.4. The lowest BCUT2D eigenvalue weighted by Gasteiger charge is -2.17. The van der Waals surface area contributed by atoms with Gasteiger partial charge in [-0.25, -0.2) is 9.38 Å².